The van der Waals surface area contributed by atoms with Crippen molar-refractivity contribution in [3.8, 4) is 5.75 Å². The molecular weight excluding hydrogens is 344 g/mol. The first kappa shape index (κ1) is 18.6. The Morgan fingerprint density at radius 3 is 2.81 bits per heavy atom. The molecule has 0 radical (unpaired) electrons. The van der Waals surface area contributed by atoms with Crippen molar-refractivity contribution in [2.75, 3.05) is 5.32 Å². The lowest BCUT2D eigenvalue weighted by Crippen LogP contribution is -2.13. The lowest BCUT2D eigenvalue weighted by Gasteiger charge is -2.15. The molecule has 6 heteroatoms. The topological polar surface area (TPSA) is 81.4 Å². The zero-order valence-electron chi connectivity index (χ0n) is 15.6. The van der Waals surface area contributed by atoms with Gasteiger partial charge in [0.25, 0.3) is 0 Å². The van der Waals surface area contributed by atoms with E-state index in [4.69, 9.17) is 9.15 Å². The van der Waals surface area contributed by atoms with Gasteiger partial charge in [0.15, 0.2) is 0 Å². The molecule has 0 aliphatic rings. The molecule has 0 bridgehead atoms. The first-order chi connectivity index (χ1) is 12.9. The number of carbonyl (C=O) groups excluding carboxylic acids is 1. The smallest absolute Gasteiger partial charge is 0.336 e. The van der Waals surface area contributed by atoms with E-state index in [0.29, 0.717) is 29.9 Å². The summed E-state index contributed by atoms with van der Waals surface area (Å²) in [5, 5.41) is 3.67. The van der Waals surface area contributed by atoms with Crippen molar-refractivity contribution in [3.63, 3.8) is 0 Å². The molecule has 1 amide bonds. The number of pyridine rings is 1. The maximum Gasteiger partial charge on any atom is 0.336 e. The lowest BCUT2D eigenvalue weighted by atomic mass is 10.0. The summed E-state index contributed by atoms with van der Waals surface area (Å²) in [6.45, 7) is 5.71. The Hall–Kier alpha value is -3.15. The zero-order valence-corrected chi connectivity index (χ0v) is 15.6. The Bertz CT molecular complexity index is 1010. The number of rotatable bonds is 6. The van der Waals surface area contributed by atoms with Gasteiger partial charge in [-0.05, 0) is 56.5 Å². The molecular formula is C21H22N2O4. The van der Waals surface area contributed by atoms with Gasteiger partial charge in [-0.15, -0.1) is 0 Å². The van der Waals surface area contributed by atoms with Gasteiger partial charge in [-0.1, -0.05) is 0 Å². The second-order valence-electron chi connectivity index (χ2n) is 6.66. The number of amides is 1. The molecule has 3 rings (SSSR count). The fourth-order valence-electron chi connectivity index (χ4n) is 2.86. The number of hydrogen-bond acceptors (Lipinski definition) is 5. The molecule has 0 atom stereocenters. The summed E-state index contributed by atoms with van der Waals surface area (Å²) in [5.41, 5.74) is 2.49. The minimum atomic E-state index is -0.390. The number of fused-ring (bicyclic) bond motifs is 1. The highest BCUT2D eigenvalue weighted by atomic mass is 16.5. The quantitative estimate of drug-likeness (QED) is 0.670. The molecule has 3 aromatic rings. The standard InChI is InChI=1S/C21H22N2O4/c1-13(2)26-18-11-19-17(14(3)9-21(25)27-19)10-15(18)6-7-20(24)23-16-5-4-8-22-12-16/h4-5,8-13H,6-7H2,1-3H3,(H,23,24). The second-order valence-corrected chi connectivity index (χ2v) is 6.66. The van der Waals surface area contributed by atoms with E-state index >= 15 is 0 Å². The molecule has 2 aromatic heterocycles. The van der Waals surface area contributed by atoms with Crippen LogP contribution in [0.5, 0.6) is 5.75 Å². The Balaban J connectivity index is 1.85. The van der Waals surface area contributed by atoms with E-state index in [-0.39, 0.29) is 17.6 Å². The lowest BCUT2D eigenvalue weighted by molar-refractivity contribution is -0.116. The maximum atomic E-state index is 12.3. The normalized spacial score (nSPS) is 11.0. The van der Waals surface area contributed by atoms with Crippen LogP contribution in [-0.4, -0.2) is 17.0 Å². The number of nitrogens with one attached hydrogen (secondary N) is 1. The molecule has 0 spiro atoms. The molecule has 140 valence electrons. The van der Waals surface area contributed by atoms with E-state index < -0.39 is 0 Å². The molecule has 6 nitrogen and oxygen atoms in total. The van der Waals surface area contributed by atoms with Crippen molar-refractivity contribution >= 4 is 22.6 Å². The zero-order chi connectivity index (χ0) is 19.4. The number of carbonyl (C=O) groups is 1. The molecule has 0 saturated heterocycles. The van der Waals surface area contributed by atoms with E-state index in [9.17, 15) is 9.59 Å². The van der Waals surface area contributed by atoms with Crippen LogP contribution in [0.1, 0.15) is 31.4 Å². The Morgan fingerprint density at radius 1 is 1.30 bits per heavy atom. The first-order valence-corrected chi connectivity index (χ1v) is 8.86. The summed E-state index contributed by atoms with van der Waals surface area (Å²) < 4.78 is 11.2. The van der Waals surface area contributed by atoms with Crippen LogP contribution in [0.25, 0.3) is 11.0 Å². The molecule has 0 aliphatic carbocycles. The van der Waals surface area contributed by atoms with Crippen LogP contribution < -0.4 is 15.7 Å². The minimum absolute atomic E-state index is 0.0399. The Labute approximate surface area is 157 Å². The largest absolute Gasteiger partial charge is 0.491 e. The molecule has 1 aromatic carbocycles. The fourth-order valence-corrected chi connectivity index (χ4v) is 2.86. The highest BCUT2D eigenvalue weighted by Crippen LogP contribution is 2.29. The van der Waals surface area contributed by atoms with Gasteiger partial charge < -0.3 is 14.5 Å². The van der Waals surface area contributed by atoms with Gasteiger partial charge in [-0.2, -0.15) is 0 Å². The number of aromatic nitrogens is 1. The molecule has 0 fully saturated rings. The van der Waals surface area contributed by atoms with Crippen molar-refractivity contribution in [2.45, 2.75) is 39.7 Å². The molecule has 27 heavy (non-hydrogen) atoms. The minimum Gasteiger partial charge on any atom is -0.491 e. The van der Waals surface area contributed by atoms with E-state index in [1.807, 2.05) is 26.8 Å². The summed E-state index contributed by atoms with van der Waals surface area (Å²) in [6, 6.07) is 8.69. The van der Waals surface area contributed by atoms with E-state index in [1.54, 1.807) is 30.6 Å². The molecule has 2 heterocycles. The Morgan fingerprint density at radius 2 is 2.11 bits per heavy atom. The van der Waals surface area contributed by atoms with Crippen LogP contribution in [-0.2, 0) is 11.2 Å². The van der Waals surface area contributed by atoms with Crippen LogP contribution in [0.15, 0.2) is 51.9 Å². The summed E-state index contributed by atoms with van der Waals surface area (Å²) in [7, 11) is 0. The summed E-state index contributed by atoms with van der Waals surface area (Å²) in [5.74, 6) is 0.523. The summed E-state index contributed by atoms with van der Waals surface area (Å²) in [4.78, 5) is 27.9. The van der Waals surface area contributed by atoms with Gasteiger partial charge >= 0.3 is 5.63 Å². The molecule has 0 unspecified atom stereocenters. The molecule has 0 aliphatic heterocycles. The molecule has 1 N–H and O–H groups in total. The third-order valence-corrected chi connectivity index (χ3v) is 4.06. The van der Waals surface area contributed by atoms with Crippen molar-refractivity contribution < 1.29 is 13.9 Å². The van der Waals surface area contributed by atoms with Crippen LogP contribution in [0.3, 0.4) is 0 Å². The van der Waals surface area contributed by atoms with E-state index in [0.717, 1.165) is 16.5 Å². The van der Waals surface area contributed by atoms with Gasteiger partial charge in [0.05, 0.1) is 18.0 Å². The van der Waals surface area contributed by atoms with Gasteiger partial charge in [-0.25, -0.2) is 4.79 Å². The van der Waals surface area contributed by atoms with Gasteiger partial charge in [-0.3, -0.25) is 9.78 Å². The first-order valence-electron chi connectivity index (χ1n) is 8.86. The predicted molar refractivity (Wildman–Crippen MR) is 104 cm³/mol. The van der Waals surface area contributed by atoms with Crippen molar-refractivity contribution in [2.24, 2.45) is 0 Å². The third-order valence-electron chi connectivity index (χ3n) is 4.06. The molecule has 0 saturated carbocycles. The Kier molecular flexibility index (Phi) is 5.54. The number of benzene rings is 1. The maximum absolute atomic E-state index is 12.3. The van der Waals surface area contributed by atoms with E-state index in [2.05, 4.69) is 10.3 Å². The SMILES string of the molecule is Cc1cc(=O)oc2cc(OC(C)C)c(CCC(=O)Nc3cccnc3)cc12. The van der Waals surface area contributed by atoms with Crippen LogP contribution in [0.4, 0.5) is 5.69 Å². The number of aryl methyl sites for hydroxylation is 2. The summed E-state index contributed by atoms with van der Waals surface area (Å²) in [6.07, 6.45) is 4.02. The van der Waals surface area contributed by atoms with Crippen LogP contribution in [0.2, 0.25) is 0 Å². The number of nitrogens with zero attached hydrogens (tertiary/aromatic N) is 1. The van der Waals surface area contributed by atoms with Gasteiger partial charge in [0, 0.05) is 30.1 Å². The van der Waals surface area contributed by atoms with Gasteiger partial charge in [0.2, 0.25) is 5.91 Å². The second kappa shape index (κ2) is 8.03. The van der Waals surface area contributed by atoms with Crippen molar-refractivity contribution in [1.29, 1.82) is 0 Å². The highest BCUT2D eigenvalue weighted by Gasteiger charge is 2.13. The summed E-state index contributed by atoms with van der Waals surface area (Å²) >= 11 is 0. The van der Waals surface area contributed by atoms with E-state index in [1.165, 1.54) is 6.07 Å². The number of ether oxygens (including phenoxy) is 1. The van der Waals surface area contributed by atoms with Crippen molar-refractivity contribution in [3.05, 3.63) is 64.3 Å². The fraction of sp³-hybridized carbons (Fsp3) is 0.286. The van der Waals surface area contributed by atoms with Crippen molar-refractivity contribution in [1.82, 2.24) is 4.98 Å². The number of hydrogen-bond donors (Lipinski definition) is 1. The monoisotopic (exact) mass is 366 g/mol. The average molecular weight is 366 g/mol. The predicted octanol–water partition coefficient (Wildman–Crippen LogP) is 3.85. The highest BCUT2D eigenvalue weighted by molar-refractivity contribution is 5.91. The van der Waals surface area contributed by atoms with Crippen LogP contribution in [0, 0.1) is 6.92 Å². The van der Waals surface area contributed by atoms with Crippen LogP contribution >= 0.6 is 0 Å². The third kappa shape index (κ3) is 4.73. The average Bonchev–Trinajstić information content (AvgIpc) is 2.60. The number of anilines is 1. The van der Waals surface area contributed by atoms with Gasteiger partial charge in [0.1, 0.15) is 11.3 Å².